The number of aromatic nitrogens is 2. The summed E-state index contributed by atoms with van der Waals surface area (Å²) in [5.41, 5.74) is 1.05. The van der Waals surface area contributed by atoms with Crippen LogP contribution in [0.5, 0.6) is 0 Å². The molecule has 1 aromatic heterocycles. The highest BCUT2D eigenvalue weighted by Gasteiger charge is 2.05. The molecule has 0 aliphatic carbocycles. The van der Waals surface area contributed by atoms with Crippen molar-refractivity contribution in [3.05, 3.63) is 16.5 Å². The summed E-state index contributed by atoms with van der Waals surface area (Å²) < 4.78 is 0.992. The number of hydrogen-bond acceptors (Lipinski definition) is 3. The molecule has 0 unspecified atom stereocenters. The Bertz CT molecular complexity index is 276. The standard InChI is InChI=1S/C9H14BrN3/c1-3-5-11-9-8(10)7(4-2)12-6-13-9/h6H,3-5H2,1-2H3,(H,11,12,13). The zero-order chi connectivity index (χ0) is 9.68. The summed E-state index contributed by atoms with van der Waals surface area (Å²) in [5.74, 6) is 0.897. The lowest BCUT2D eigenvalue weighted by atomic mass is 10.3. The lowest BCUT2D eigenvalue weighted by Gasteiger charge is -2.07. The Balaban J connectivity index is 2.81. The Labute approximate surface area is 87.1 Å². The van der Waals surface area contributed by atoms with E-state index >= 15 is 0 Å². The number of nitrogens with one attached hydrogen (secondary N) is 1. The fourth-order valence-corrected chi connectivity index (χ4v) is 1.64. The molecule has 1 N–H and O–H groups in total. The predicted molar refractivity (Wildman–Crippen MR) is 57.9 cm³/mol. The first-order valence-electron chi connectivity index (χ1n) is 4.52. The number of hydrogen-bond donors (Lipinski definition) is 1. The molecule has 1 aromatic rings. The van der Waals surface area contributed by atoms with Gasteiger partial charge >= 0.3 is 0 Å². The van der Waals surface area contributed by atoms with E-state index < -0.39 is 0 Å². The maximum atomic E-state index is 4.17. The average Bonchev–Trinajstić information content (AvgIpc) is 2.16. The smallest absolute Gasteiger partial charge is 0.144 e. The van der Waals surface area contributed by atoms with Gasteiger partial charge in [0, 0.05) is 6.54 Å². The van der Waals surface area contributed by atoms with Crippen molar-refractivity contribution in [1.29, 1.82) is 0 Å². The molecule has 0 bridgehead atoms. The zero-order valence-electron chi connectivity index (χ0n) is 7.97. The van der Waals surface area contributed by atoms with Crippen molar-refractivity contribution in [2.24, 2.45) is 0 Å². The molecule has 0 saturated heterocycles. The molecule has 0 radical (unpaired) electrons. The molecule has 0 aliphatic rings. The van der Waals surface area contributed by atoms with Crippen molar-refractivity contribution in [3.8, 4) is 0 Å². The highest BCUT2D eigenvalue weighted by Crippen LogP contribution is 2.22. The van der Waals surface area contributed by atoms with Crippen LogP contribution in [0, 0.1) is 0 Å². The fraction of sp³-hybridized carbons (Fsp3) is 0.556. The van der Waals surface area contributed by atoms with Crippen molar-refractivity contribution in [2.75, 3.05) is 11.9 Å². The number of nitrogens with zero attached hydrogens (tertiary/aromatic N) is 2. The van der Waals surface area contributed by atoms with Gasteiger partial charge in [-0.2, -0.15) is 0 Å². The van der Waals surface area contributed by atoms with Crippen LogP contribution in [-0.4, -0.2) is 16.5 Å². The van der Waals surface area contributed by atoms with Gasteiger partial charge in [0.05, 0.1) is 10.2 Å². The largest absolute Gasteiger partial charge is 0.369 e. The maximum Gasteiger partial charge on any atom is 0.144 e. The summed E-state index contributed by atoms with van der Waals surface area (Å²) >= 11 is 3.48. The Morgan fingerprint density at radius 2 is 2.15 bits per heavy atom. The molecular weight excluding hydrogens is 230 g/mol. The highest BCUT2D eigenvalue weighted by molar-refractivity contribution is 9.10. The van der Waals surface area contributed by atoms with Crippen LogP contribution in [-0.2, 0) is 6.42 Å². The van der Waals surface area contributed by atoms with E-state index in [0.717, 1.165) is 35.4 Å². The lowest BCUT2D eigenvalue weighted by Crippen LogP contribution is -2.04. The summed E-state index contributed by atoms with van der Waals surface area (Å²) in [6.07, 6.45) is 3.61. The van der Waals surface area contributed by atoms with Gasteiger partial charge in [-0.3, -0.25) is 0 Å². The van der Waals surface area contributed by atoms with E-state index in [1.807, 2.05) is 0 Å². The highest BCUT2D eigenvalue weighted by atomic mass is 79.9. The molecule has 3 nitrogen and oxygen atoms in total. The van der Waals surface area contributed by atoms with E-state index in [1.54, 1.807) is 6.33 Å². The molecule has 0 aromatic carbocycles. The van der Waals surface area contributed by atoms with E-state index in [0.29, 0.717) is 0 Å². The molecule has 0 spiro atoms. The van der Waals surface area contributed by atoms with Crippen molar-refractivity contribution in [1.82, 2.24) is 9.97 Å². The molecule has 0 aliphatic heterocycles. The second-order valence-corrected chi connectivity index (χ2v) is 3.56. The van der Waals surface area contributed by atoms with E-state index in [2.05, 4.69) is 45.1 Å². The van der Waals surface area contributed by atoms with Crippen LogP contribution >= 0.6 is 15.9 Å². The van der Waals surface area contributed by atoms with Crippen molar-refractivity contribution < 1.29 is 0 Å². The minimum atomic E-state index is 0.897. The van der Waals surface area contributed by atoms with Gasteiger partial charge in [0.1, 0.15) is 12.1 Å². The van der Waals surface area contributed by atoms with Crippen LogP contribution in [0.1, 0.15) is 26.0 Å². The first-order chi connectivity index (χ1) is 6.29. The van der Waals surface area contributed by atoms with Gasteiger partial charge in [-0.15, -0.1) is 0 Å². The Hall–Kier alpha value is -0.640. The Kier molecular flexibility index (Phi) is 4.15. The monoisotopic (exact) mass is 243 g/mol. The van der Waals surface area contributed by atoms with E-state index in [9.17, 15) is 0 Å². The van der Waals surface area contributed by atoms with E-state index in [1.165, 1.54) is 0 Å². The number of anilines is 1. The summed E-state index contributed by atoms with van der Waals surface area (Å²) in [6, 6.07) is 0. The molecule has 13 heavy (non-hydrogen) atoms. The lowest BCUT2D eigenvalue weighted by molar-refractivity contribution is 0.940. The summed E-state index contributed by atoms with van der Waals surface area (Å²) in [7, 11) is 0. The quantitative estimate of drug-likeness (QED) is 0.884. The predicted octanol–water partition coefficient (Wildman–Crippen LogP) is 2.62. The van der Waals surface area contributed by atoms with Crippen LogP contribution in [0.3, 0.4) is 0 Å². The number of halogens is 1. The first kappa shape index (κ1) is 10.4. The average molecular weight is 244 g/mol. The summed E-state index contributed by atoms with van der Waals surface area (Å²) in [5, 5.41) is 3.24. The SMILES string of the molecule is CCCNc1ncnc(CC)c1Br. The normalized spacial score (nSPS) is 10.1. The van der Waals surface area contributed by atoms with Crippen molar-refractivity contribution >= 4 is 21.7 Å². The van der Waals surface area contributed by atoms with E-state index in [-0.39, 0.29) is 0 Å². The molecule has 0 amide bonds. The third-order valence-corrected chi connectivity index (χ3v) is 2.57. The van der Waals surface area contributed by atoms with Crippen LogP contribution in [0.4, 0.5) is 5.82 Å². The molecule has 0 saturated carbocycles. The second kappa shape index (κ2) is 5.17. The molecular formula is C9H14BrN3. The van der Waals surface area contributed by atoms with Crippen LogP contribution in [0.2, 0.25) is 0 Å². The maximum absolute atomic E-state index is 4.17. The minimum Gasteiger partial charge on any atom is -0.369 e. The van der Waals surface area contributed by atoms with Crippen molar-refractivity contribution in [3.63, 3.8) is 0 Å². The molecule has 1 rings (SSSR count). The van der Waals surface area contributed by atoms with Crippen LogP contribution in [0.25, 0.3) is 0 Å². The fourth-order valence-electron chi connectivity index (χ4n) is 1.02. The third-order valence-electron chi connectivity index (χ3n) is 1.74. The third kappa shape index (κ3) is 2.66. The second-order valence-electron chi connectivity index (χ2n) is 2.76. The molecule has 72 valence electrons. The molecule has 0 atom stereocenters. The first-order valence-corrected chi connectivity index (χ1v) is 5.32. The Morgan fingerprint density at radius 1 is 1.38 bits per heavy atom. The van der Waals surface area contributed by atoms with Crippen LogP contribution < -0.4 is 5.32 Å². The molecule has 4 heteroatoms. The molecule has 0 fully saturated rings. The van der Waals surface area contributed by atoms with Crippen molar-refractivity contribution in [2.45, 2.75) is 26.7 Å². The van der Waals surface area contributed by atoms with Gasteiger partial charge in [-0.05, 0) is 28.8 Å². The van der Waals surface area contributed by atoms with E-state index in [4.69, 9.17) is 0 Å². The summed E-state index contributed by atoms with van der Waals surface area (Å²) in [4.78, 5) is 8.32. The topological polar surface area (TPSA) is 37.8 Å². The van der Waals surface area contributed by atoms with Gasteiger partial charge in [-0.25, -0.2) is 9.97 Å². The van der Waals surface area contributed by atoms with Gasteiger partial charge in [-0.1, -0.05) is 13.8 Å². The van der Waals surface area contributed by atoms with Gasteiger partial charge in [0.2, 0.25) is 0 Å². The van der Waals surface area contributed by atoms with Gasteiger partial charge < -0.3 is 5.32 Å². The minimum absolute atomic E-state index is 0.897. The zero-order valence-corrected chi connectivity index (χ0v) is 9.56. The van der Waals surface area contributed by atoms with Gasteiger partial charge in [0.25, 0.3) is 0 Å². The summed E-state index contributed by atoms with van der Waals surface area (Å²) in [6.45, 7) is 5.15. The number of aryl methyl sites for hydroxylation is 1. The Morgan fingerprint density at radius 3 is 2.77 bits per heavy atom. The molecule has 1 heterocycles. The van der Waals surface area contributed by atoms with Gasteiger partial charge in [0.15, 0.2) is 0 Å². The van der Waals surface area contributed by atoms with Crippen LogP contribution in [0.15, 0.2) is 10.8 Å². The number of rotatable bonds is 4.